The largest absolute Gasteiger partial charge is 0.455 e. The van der Waals surface area contributed by atoms with Gasteiger partial charge in [0.25, 0.3) is 11.2 Å². The molecule has 7 nitrogen and oxygen atoms in total. The normalized spacial score (nSPS) is 17.0. The number of nitriles is 1. The Bertz CT molecular complexity index is 1320. The monoisotopic (exact) mass is 497 g/mol. The van der Waals surface area contributed by atoms with Crippen molar-refractivity contribution in [3.63, 3.8) is 0 Å². The predicted octanol–water partition coefficient (Wildman–Crippen LogP) is 4.04. The lowest BCUT2D eigenvalue weighted by molar-refractivity contribution is 0.0473. The van der Waals surface area contributed by atoms with Gasteiger partial charge in [0.15, 0.2) is 5.82 Å². The Labute approximate surface area is 204 Å². The summed E-state index contributed by atoms with van der Waals surface area (Å²) < 4.78 is 35.0. The second kappa shape index (κ2) is 10.1. The van der Waals surface area contributed by atoms with Crippen LogP contribution in [0.5, 0.6) is 5.75 Å². The van der Waals surface area contributed by atoms with E-state index >= 15 is 0 Å². The van der Waals surface area contributed by atoms with Crippen molar-refractivity contribution < 1.29 is 13.5 Å². The molecule has 3 aromatic rings. The van der Waals surface area contributed by atoms with Crippen molar-refractivity contribution in [2.75, 3.05) is 25.0 Å². The molecule has 3 atom stereocenters. The third-order valence-corrected chi connectivity index (χ3v) is 5.94. The van der Waals surface area contributed by atoms with Crippen molar-refractivity contribution in [2.24, 2.45) is 13.0 Å². The Kier molecular flexibility index (Phi) is 7.15. The number of ether oxygens (including phenoxy) is 1. The van der Waals surface area contributed by atoms with E-state index in [1.165, 1.54) is 23.6 Å². The molecule has 35 heavy (non-hydrogen) atoms. The molecule has 0 spiro atoms. The first-order valence-corrected chi connectivity index (χ1v) is 11.8. The highest BCUT2D eigenvalue weighted by atomic mass is 31.0. The fraction of sp³-hybridized carbons (Fsp3) is 0.320. The fourth-order valence-corrected chi connectivity index (χ4v) is 4.21. The third-order valence-electron chi connectivity index (χ3n) is 5.82. The molecule has 2 N–H and O–H groups in total. The van der Waals surface area contributed by atoms with Gasteiger partial charge in [-0.2, -0.15) is 9.65 Å². The average Bonchev–Trinajstić information content (AvgIpc) is 3.33. The van der Waals surface area contributed by atoms with Gasteiger partial charge in [0.05, 0.1) is 17.0 Å². The average molecular weight is 497 g/mol. The lowest BCUT2D eigenvalue weighted by Gasteiger charge is -2.19. The van der Waals surface area contributed by atoms with E-state index in [1.54, 1.807) is 37.4 Å². The summed E-state index contributed by atoms with van der Waals surface area (Å²) in [6, 6.07) is 12.6. The number of hydrogen-bond acceptors (Lipinski definition) is 6. The second-order valence-corrected chi connectivity index (χ2v) is 9.71. The van der Waals surface area contributed by atoms with Gasteiger partial charge in [-0.1, -0.05) is 15.3 Å². The number of rotatable bonds is 7. The highest BCUT2D eigenvalue weighted by Crippen LogP contribution is 2.33. The van der Waals surface area contributed by atoms with Crippen molar-refractivity contribution in [1.82, 2.24) is 14.9 Å². The summed E-state index contributed by atoms with van der Waals surface area (Å²) in [7, 11) is 3.59. The van der Waals surface area contributed by atoms with Crippen LogP contribution in [-0.2, 0) is 7.05 Å². The van der Waals surface area contributed by atoms with E-state index in [0.29, 0.717) is 40.7 Å². The van der Waals surface area contributed by atoms with Gasteiger partial charge in [-0.15, -0.1) is 0 Å². The lowest BCUT2D eigenvalue weighted by atomic mass is 10.0. The smallest absolute Gasteiger partial charge is 0.293 e. The van der Waals surface area contributed by atoms with Crippen LogP contribution >= 0.6 is 9.24 Å². The van der Waals surface area contributed by atoms with Crippen molar-refractivity contribution in [1.29, 1.82) is 5.26 Å². The van der Waals surface area contributed by atoms with Gasteiger partial charge in [0.2, 0.25) is 0 Å². The zero-order chi connectivity index (χ0) is 25.2. The Morgan fingerprint density at radius 3 is 2.63 bits per heavy atom. The minimum absolute atomic E-state index is 0.0830. The zero-order valence-corrected chi connectivity index (χ0v) is 20.6. The summed E-state index contributed by atoms with van der Waals surface area (Å²) in [6.45, 7) is 3.65. The van der Waals surface area contributed by atoms with Crippen molar-refractivity contribution >= 4 is 15.1 Å². The lowest BCUT2D eigenvalue weighted by Crippen LogP contribution is -2.27. The van der Waals surface area contributed by atoms with Crippen LogP contribution in [0.2, 0.25) is 0 Å². The summed E-state index contributed by atoms with van der Waals surface area (Å²) in [4.78, 5) is 17.8. The molecule has 1 aliphatic rings. The number of halogens is 2. The summed E-state index contributed by atoms with van der Waals surface area (Å²) in [5, 5.41) is 15.6. The Balaban J connectivity index is 1.81. The molecule has 2 heterocycles. The maximum Gasteiger partial charge on any atom is 0.293 e. The molecule has 0 saturated carbocycles. The number of benzene rings is 2. The molecule has 1 fully saturated rings. The van der Waals surface area contributed by atoms with Gasteiger partial charge in [-0.25, -0.2) is 9.37 Å². The van der Waals surface area contributed by atoms with Crippen LogP contribution in [0.1, 0.15) is 18.9 Å². The highest BCUT2D eigenvalue weighted by Gasteiger charge is 2.21. The summed E-state index contributed by atoms with van der Waals surface area (Å²) in [5.41, 5.74) is -0.487. The van der Waals surface area contributed by atoms with E-state index in [9.17, 15) is 13.6 Å². The minimum Gasteiger partial charge on any atom is -0.455 e. The fourth-order valence-electron chi connectivity index (χ4n) is 4.07. The first kappa shape index (κ1) is 24.8. The number of nitrogens with zero attached hydrogens (tertiary/aromatic N) is 3. The predicted molar refractivity (Wildman–Crippen MR) is 134 cm³/mol. The van der Waals surface area contributed by atoms with E-state index < -0.39 is 11.4 Å². The molecule has 0 radical (unpaired) electrons. The maximum absolute atomic E-state index is 14.5. The van der Waals surface area contributed by atoms with Gasteiger partial charge >= 0.3 is 0 Å². The highest BCUT2D eigenvalue weighted by molar-refractivity contribution is 7.18. The van der Waals surface area contributed by atoms with Crippen LogP contribution in [0.4, 0.5) is 14.6 Å². The number of alkyl halides is 1. The summed E-state index contributed by atoms with van der Waals surface area (Å²) in [6.07, 6.45) is 1.00. The van der Waals surface area contributed by atoms with E-state index in [1.807, 2.05) is 15.3 Å². The topological polar surface area (TPSA) is 92.0 Å². The first-order valence-electron chi connectivity index (χ1n) is 11.2. The van der Waals surface area contributed by atoms with Gasteiger partial charge in [0, 0.05) is 31.6 Å². The van der Waals surface area contributed by atoms with Gasteiger partial charge in [-0.3, -0.25) is 4.79 Å². The SMILES string of the molecule is Cn1c(-c2ccc(OC(C)(F)P)cc2)c(-c2ccc(C#N)c(F)c2)nc(NC[C@H]2CCNC2)c1=O. The first-order chi connectivity index (χ1) is 16.7. The standard InChI is InChI=1S/C25H26F2N5O2P/c1-25(27,35)34-19-7-5-16(6-8-19)22-21(17-3-4-18(12-28)20(26)11-17)31-23(24(33)32(22)2)30-14-15-9-10-29-13-15/h3-8,11,15,29H,9-10,13-14,35H2,1-2H3,(H,30,31)/t15-,25?/m0/s1. The van der Waals surface area contributed by atoms with E-state index in [4.69, 9.17) is 10.00 Å². The Morgan fingerprint density at radius 1 is 1.31 bits per heavy atom. The van der Waals surface area contributed by atoms with E-state index in [-0.39, 0.29) is 16.9 Å². The van der Waals surface area contributed by atoms with Gasteiger partial charge in [-0.05, 0) is 61.8 Å². The molecule has 2 unspecified atom stereocenters. The van der Waals surface area contributed by atoms with Crippen LogP contribution in [-0.4, -0.2) is 34.8 Å². The van der Waals surface area contributed by atoms with Crippen molar-refractivity contribution in [3.8, 4) is 34.3 Å². The molecule has 1 aliphatic heterocycles. The molecule has 0 amide bonds. The summed E-state index contributed by atoms with van der Waals surface area (Å²) >= 11 is 0. The minimum atomic E-state index is -1.93. The van der Waals surface area contributed by atoms with Crippen LogP contribution in [0.3, 0.4) is 0 Å². The van der Waals surface area contributed by atoms with Crippen LogP contribution in [0.25, 0.3) is 22.5 Å². The zero-order valence-electron chi connectivity index (χ0n) is 19.4. The molecule has 182 valence electrons. The third kappa shape index (κ3) is 5.67. The molecular formula is C25H26F2N5O2P. The molecule has 1 aromatic heterocycles. The molecule has 2 aromatic carbocycles. The maximum atomic E-state index is 14.5. The number of hydrogen-bond donors (Lipinski definition) is 2. The second-order valence-electron chi connectivity index (χ2n) is 8.68. The van der Waals surface area contributed by atoms with Crippen molar-refractivity contribution in [3.05, 3.63) is 64.2 Å². The Hall–Kier alpha value is -3.34. The molecule has 0 bridgehead atoms. The molecule has 10 heteroatoms. The summed E-state index contributed by atoms with van der Waals surface area (Å²) in [5.74, 6) is 0.173. The number of nitrogens with one attached hydrogen (secondary N) is 2. The molecule has 0 aliphatic carbocycles. The van der Waals surface area contributed by atoms with Crippen molar-refractivity contribution in [2.45, 2.75) is 18.9 Å². The quantitative estimate of drug-likeness (QED) is 0.479. The van der Waals surface area contributed by atoms with Crippen LogP contribution in [0, 0.1) is 23.1 Å². The van der Waals surface area contributed by atoms with Crippen LogP contribution in [0.15, 0.2) is 47.3 Å². The van der Waals surface area contributed by atoms with Gasteiger partial charge < -0.3 is 19.9 Å². The molecule has 1 saturated heterocycles. The molecular weight excluding hydrogens is 471 g/mol. The van der Waals surface area contributed by atoms with E-state index in [0.717, 1.165) is 19.5 Å². The van der Waals surface area contributed by atoms with Crippen LogP contribution < -0.4 is 20.9 Å². The number of anilines is 1. The van der Waals surface area contributed by atoms with Gasteiger partial charge in [0.1, 0.15) is 17.6 Å². The number of aromatic nitrogens is 2. The van der Waals surface area contributed by atoms with E-state index in [2.05, 4.69) is 15.6 Å². The Morgan fingerprint density at radius 2 is 2.03 bits per heavy atom. The molecule has 4 rings (SSSR count).